The zero-order chi connectivity index (χ0) is 28.0. The number of hydrogen-bond donors (Lipinski definition) is 6. The number of aromatic nitrogens is 1. The van der Waals surface area contributed by atoms with E-state index in [1.807, 2.05) is 31.2 Å². The monoisotopic (exact) mass is 529 g/mol. The number of amides is 3. The summed E-state index contributed by atoms with van der Waals surface area (Å²) in [6.07, 6.45) is 2.60. The molecule has 5 unspecified atom stereocenters. The normalized spacial score (nSPS) is 18.4. The molecule has 3 amide bonds. The first kappa shape index (κ1) is 28.6. The fourth-order valence-corrected chi connectivity index (χ4v) is 4.73. The standard InChI is InChI=1S/C26H35N5O7/c1-3-14(2)22(26(37)38)30-23(34)19(11-15-13-28-18-8-5-4-7-16(15)18)29-24(35)20-9-6-10-31(20)25(36)17(27)12-21(32)33/h4-5,7-8,13-14,17,19-20,22,28H,3,6,9-12,27H2,1-2H3,(H,29,35)(H,30,34)(H,32,33)(H,37,38). The Bertz CT molecular complexity index is 1200. The molecule has 1 aliphatic heterocycles. The lowest BCUT2D eigenvalue weighted by molar-refractivity contribution is -0.145. The number of para-hydroxylation sites is 1. The van der Waals surface area contributed by atoms with E-state index in [9.17, 15) is 29.1 Å². The number of rotatable bonds is 12. The first-order valence-electron chi connectivity index (χ1n) is 12.7. The van der Waals surface area contributed by atoms with Gasteiger partial charge in [-0.2, -0.15) is 0 Å². The van der Waals surface area contributed by atoms with Crippen molar-refractivity contribution in [2.24, 2.45) is 11.7 Å². The van der Waals surface area contributed by atoms with E-state index < -0.39 is 60.2 Å². The molecule has 0 aliphatic carbocycles. The summed E-state index contributed by atoms with van der Waals surface area (Å²) in [5, 5.41) is 24.8. The van der Waals surface area contributed by atoms with E-state index >= 15 is 0 Å². The first-order chi connectivity index (χ1) is 18.0. The van der Waals surface area contributed by atoms with Gasteiger partial charge in [0.05, 0.1) is 12.5 Å². The lowest BCUT2D eigenvalue weighted by Crippen LogP contribution is -2.58. The summed E-state index contributed by atoms with van der Waals surface area (Å²) < 4.78 is 0. The first-order valence-corrected chi connectivity index (χ1v) is 12.7. The smallest absolute Gasteiger partial charge is 0.326 e. The van der Waals surface area contributed by atoms with Crippen LogP contribution in [-0.4, -0.2) is 80.5 Å². The number of nitrogens with one attached hydrogen (secondary N) is 3. The zero-order valence-electron chi connectivity index (χ0n) is 21.5. The Morgan fingerprint density at radius 3 is 2.53 bits per heavy atom. The van der Waals surface area contributed by atoms with Gasteiger partial charge in [-0.05, 0) is 30.4 Å². The summed E-state index contributed by atoms with van der Waals surface area (Å²) in [6, 6.07) is 2.96. The number of H-pyrrole nitrogens is 1. The summed E-state index contributed by atoms with van der Waals surface area (Å²) in [6.45, 7) is 3.77. The highest BCUT2D eigenvalue weighted by molar-refractivity contribution is 5.95. The van der Waals surface area contributed by atoms with E-state index in [-0.39, 0.29) is 18.9 Å². The Labute approximate surface area is 219 Å². The molecule has 0 bridgehead atoms. The van der Waals surface area contributed by atoms with Gasteiger partial charge in [0.1, 0.15) is 18.1 Å². The van der Waals surface area contributed by atoms with E-state index in [0.29, 0.717) is 19.3 Å². The minimum Gasteiger partial charge on any atom is -0.481 e. The van der Waals surface area contributed by atoms with Crippen LogP contribution >= 0.6 is 0 Å². The van der Waals surface area contributed by atoms with Crippen molar-refractivity contribution in [3.05, 3.63) is 36.0 Å². The minimum absolute atomic E-state index is 0.0770. The second-order valence-corrected chi connectivity index (χ2v) is 9.73. The van der Waals surface area contributed by atoms with Crippen LogP contribution in [0.25, 0.3) is 10.9 Å². The summed E-state index contributed by atoms with van der Waals surface area (Å²) in [5.74, 6) is -4.64. The third kappa shape index (κ3) is 6.68. The Morgan fingerprint density at radius 2 is 1.87 bits per heavy atom. The molecule has 2 aromatic rings. The van der Waals surface area contributed by atoms with Crippen molar-refractivity contribution in [3.8, 4) is 0 Å². The number of carbonyl (C=O) groups is 5. The molecule has 1 aromatic heterocycles. The van der Waals surface area contributed by atoms with Crippen molar-refractivity contribution in [1.82, 2.24) is 20.5 Å². The maximum absolute atomic E-state index is 13.4. The van der Waals surface area contributed by atoms with Crippen molar-refractivity contribution < 1.29 is 34.2 Å². The molecular weight excluding hydrogens is 494 g/mol. The number of benzene rings is 1. The van der Waals surface area contributed by atoms with Gasteiger partial charge >= 0.3 is 11.9 Å². The van der Waals surface area contributed by atoms with Gasteiger partial charge in [0.25, 0.3) is 0 Å². The molecule has 1 fully saturated rings. The molecule has 5 atom stereocenters. The van der Waals surface area contributed by atoms with Gasteiger partial charge < -0.3 is 36.5 Å². The number of nitrogens with zero attached hydrogens (tertiary/aromatic N) is 1. The maximum Gasteiger partial charge on any atom is 0.326 e. The molecule has 2 heterocycles. The number of aromatic amines is 1. The Morgan fingerprint density at radius 1 is 1.16 bits per heavy atom. The molecular formula is C26H35N5O7. The fraction of sp³-hybridized carbons (Fsp3) is 0.500. The van der Waals surface area contributed by atoms with Gasteiger partial charge in [-0.1, -0.05) is 38.5 Å². The van der Waals surface area contributed by atoms with Crippen LogP contribution in [0.2, 0.25) is 0 Å². The van der Waals surface area contributed by atoms with Crippen LogP contribution < -0.4 is 16.4 Å². The van der Waals surface area contributed by atoms with Crippen molar-refractivity contribution in [2.75, 3.05) is 6.54 Å². The number of aliphatic carboxylic acids is 2. The van der Waals surface area contributed by atoms with Crippen molar-refractivity contribution in [3.63, 3.8) is 0 Å². The van der Waals surface area contributed by atoms with Crippen LogP contribution in [0.4, 0.5) is 0 Å². The van der Waals surface area contributed by atoms with E-state index in [1.54, 1.807) is 13.1 Å². The van der Waals surface area contributed by atoms with Crippen LogP contribution in [0.3, 0.4) is 0 Å². The van der Waals surface area contributed by atoms with Gasteiger partial charge in [0.15, 0.2) is 0 Å². The molecule has 206 valence electrons. The third-order valence-corrected chi connectivity index (χ3v) is 7.06. The topological polar surface area (TPSA) is 195 Å². The Hall–Kier alpha value is -3.93. The molecule has 0 saturated carbocycles. The molecule has 3 rings (SSSR count). The molecule has 0 radical (unpaired) electrons. The van der Waals surface area contributed by atoms with E-state index in [0.717, 1.165) is 16.5 Å². The number of nitrogens with two attached hydrogens (primary N) is 1. The summed E-state index contributed by atoms with van der Waals surface area (Å²) in [5.41, 5.74) is 7.34. The number of hydrogen-bond acceptors (Lipinski definition) is 6. The highest BCUT2D eigenvalue weighted by Crippen LogP contribution is 2.22. The zero-order valence-corrected chi connectivity index (χ0v) is 21.5. The second-order valence-electron chi connectivity index (χ2n) is 9.73. The highest BCUT2D eigenvalue weighted by atomic mass is 16.4. The number of carbonyl (C=O) groups excluding carboxylic acids is 3. The van der Waals surface area contributed by atoms with Crippen molar-refractivity contribution in [2.45, 2.75) is 70.1 Å². The molecule has 1 saturated heterocycles. The van der Waals surface area contributed by atoms with Gasteiger partial charge in [-0.25, -0.2) is 4.79 Å². The SMILES string of the molecule is CCC(C)C(NC(=O)C(Cc1c[nH]c2ccccc12)NC(=O)C1CCCN1C(=O)C(N)CC(=O)O)C(=O)O. The highest BCUT2D eigenvalue weighted by Gasteiger charge is 2.38. The second kappa shape index (κ2) is 12.5. The largest absolute Gasteiger partial charge is 0.481 e. The Balaban J connectivity index is 1.84. The van der Waals surface area contributed by atoms with Crippen molar-refractivity contribution >= 4 is 40.6 Å². The maximum atomic E-state index is 13.4. The lowest BCUT2D eigenvalue weighted by Gasteiger charge is -2.29. The quantitative estimate of drug-likeness (QED) is 0.230. The Kier molecular flexibility index (Phi) is 9.45. The van der Waals surface area contributed by atoms with Gasteiger partial charge in [0, 0.05) is 30.1 Å². The average molecular weight is 530 g/mol. The van der Waals surface area contributed by atoms with E-state index in [4.69, 9.17) is 10.8 Å². The molecule has 12 nitrogen and oxygen atoms in total. The summed E-state index contributed by atoms with van der Waals surface area (Å²) >= 11 is 0. The van der Waals surface area contributed by atoms with Crippen LogP contribution in [0.1, 0.15) is 45.1 Å². The number of likely N-dealkylation sites (tertiary alicyclic amines) is 1. The number of carboxylic acids is 2. The van der Waals surface area contributed by atoms with E-state index in [1.165, 1.54) is 4.90 Å². The average Bonchev–Trinajstić information content (AvgIpc) is 3.53. The fourth-order valence-electron chi connectivity index (χ4n) is 4.73. The molecule has 12 heteroatoms. The molecule has 1 aliphatic rings. The molecule has 38 heavy (non-hydrogen) atoms. The third-order valence-electron chi connectivity index (χ3n) is 7.06. The van der Waals surface area contributed by atoms with E-state index in [2.05, 4.69) is 15.6 Å². The van der Waals surface area contributed by atoms with Gasteiger partial charge in [-0.15, -0.1) is 0 Å². The van der Waals surface area contributed by atoms with Crippen LogP contribution in [0.15, 0.2) is 30.5 Å². The van der Waals surface area contributed by atoms with Crippen molar-refractivity contribution in [1.29, 1.82) is 0 Å². The summed E-state index contributed by atoms with van der Waals surface area (Å²) in [4.78, 5) is 66.7. The summed E-state index contributed by atoms with van der Waals surface area (Å²) in [7, 11) is 0. The predicted molar refractivity (Wildman–Crippen MR) is 138 cm³/mol. The molecule has 1 aromatic carbocycles. The number of fused-ring (bicyclic) bond motifs is 1. The minimum atomic E-state index is -1.29. The van der Waals surface area contributed by atoms with Gasteiger partial charge in [0.2, 0.25) is 17.7 Å². The molecule has 0 spiro atoms. The van der Waals surface area contributed by atoms with Crippen LogP contribution in [-0.2, 0) is 30.4 Å². The van der Waals surface area contributed by atoms with Crippen LogP contribution in [0, 0.1) is 5.92 Å². The number of carboxylic acid groups (broad SMARTS) is 2. The lowest BCUT2D eigenvalue weighted by atomic mass is 9.98. The predicted octanol–water partition coefficient (Wildman–Crippen LogP) is 0.604. The van der Waals surface area contributed by atoms with Crippen LogP contribution in [0.5, 0.6) is 0 Å². The molecule has 7 N–H and O–H groups in total. The van der Waals surface area contributed by atoms with Gasteiger partial charge in [-0.3, -0.25) is 19.2 Å².